The van der Waals surface area contributed by atoms with Gasteiger partial charge in [0.15, 0.2) is 0 Å². The van der Waals surface area contributed by atoms with Gasteiger partial charge in [-0.2, -0.15) is 0 Å². The third-order valence-electron chi connectivity index (χ3n) is 4.85. The molecule has 1 saturated heterocycles. The SMILES string of the molecule is CCN(CC)c1ccc(NC(=O)c2cnc(N3CCCC3)nc2C)cc1. The minimum absolute atomic E-state index is 0.175. The highest BCUT2D eigenvalue weighted by atomic mass is 16.1. The van der Waals surface area contributed by atoms with Crippen molar-refractivity contribution in [3.63, 3.8) is 0 Å². The number of amides is 1. The van der Waals surface area contributed by atoms with Crippen molar-refractivity contribution in [2.45, 2.75) is 33.6 Å². The van der Waals surface area contributed by atoms with Gasteiger partial charge in [0.1, 0.15) is 0 Å². The van der Waals surface area contributed by atoms with Gasteiger partial charge in [-0.15, -0.1) is 0 Å². The van der Waals surface area contributed by atoms with Crippen LogP contribution in [0.2, 0.25) is 0 Å². The van der Waals surface area contributed by atoms with Crippen molar-refractivity contribution < 1.29 is 4.79 Å². The van der Waals surface area contributed by atoms with E-state index in [1.165, 1.54) is 12.8 Å². The van der Waals surface area contributed by atoms with Crippen molar-refractivity contribution in [2.24, 2.45) is 0 Å². The van der Waals surface area contributed by atoms with E-state index < -0.39 is 0 Å². The Kier molecular flexibility index (Phi) is 5.71. The molecule has 0 spiro atoms. The zero-order valence-corrected chi connectivity index (χ0v) is 15.8. The number of hydrogen-bond acceptors (Lipinski definition) is 5. The van der Waals surface area contributed by atoms with Crippen LogP contribution in [0, 0.1) is 6.92 Å². The van der Waals surface area contributed by atoms with E-state index in [9.17, 15) is 4.79 Å². The Labute approximate surface area is 155 Å². The molecule has 1 aromatic carbocycles. The first-order valence-electron chi connectivity index (χ1n) is 9.37. The maximum absolute atomic E-state index is 12.6. The number of aromatic nitrogens is 2. The number of benzene rings is 1. The topological polar surface area (TPSA) is 61.4 Å². The fraction of sp³-hybridized carbons (Fsp3) is 0.450. The van der Waals surface area contributed by atoms with E-state index in [1.54, 1.807) is 6.20 Å². The standard InChI is InChI=1S/C20H27N5O/c1-4-24(5-2)17-10-8-16(9-11-17)23-19(26)18-14-21-20(22-15(18)3)25-12-6-7-13-25/h8-11,14H,4-7,12-13H2,1-3H3,(H,23,26). The summed E-state index contributed by atoms with van der Waals surface area (Å²) in [5.74, 6) is 0.547. The van der Waals surface area contributed by atoms with Crippen LogP contribution in [0.5, 0.6) is 0 Å². The first-order chi connectivity index (χ1) is 12.6. The second kappa shape index (κ2) is 8.17. The zero-order chi connectivity index (χ0) is 18.5. The Hall–Kier alpha value is -2.63. The summed E-state index contributed by atoms with van der Waals surface area (Å²) in [6, 6.07) is 7.92. The predicted molar refractivity (Wildman–Crippen MR) is 106 cm³/mol. The normalized spacial score (nSPS) is 13.7. The molecule has 6 heteroatoms. The van der Waals surface area contributed by atoms with Gasteiger partial charge in [-0.25, -0.2) is 9.97 Å². The Morgan fingerprint density at radius 3 is 2.38 bits per heavy atom. The minimum atomic E-state index is -0.175. The van der Waals surface area contributed by atoms with Gasteiger partial charge in [0, 0.05) is 43.8 Å². The zero-order valence-electron chi connectivity index (χ0n) is 15.8. The van der Waals surface area contributed by atoms with Crippen LogP contribution in [0.15, 0.2) is 30.5 Å². The quantitative estimate of drug-likeness (QED) is 0.861. The summed E-state index contributed by atoms with van der Waals surface area (Å²) in [5.41, 5.74) is 3.15. The van der Waals surface area contributed by atoms with Gasteiger partial charge in [-0.3, -0.25) is 4.79 Å². The Morgan fingerprint density at radius 2 is 1.81 bits per heavy atom. The largest absolute Gasteiger partial charge is 0.372 e. The van der Waals surface area contributed by atoms with E-state index in [1.807, 2.05) is 31.2 Å². The second-order valence-electron chi connectivity index (χ2n) is 6.54. The molecule has 3 rings (SSSR count). The summed E-state index contributed by atoms with van der Waals surface area (Å²) in [5, 5.41) is 2.94. The molecule has 0 radical (unpaired) electrons. The maximum atomic E-state index is 12.6. The molecule has 26 heavy (non-hydrogen) atoms. The lowest BCUT2D eigenvalue weighted by atomic mass is 10.2. The smallest absolute Gasteiger partial charge is 0.259 e. The van der Waals surface area contributed by atoms with Crippen molar-refractivity contribution >= 4 is 23.2 Å². The highest BCUT2D eigenvalue weighted by Gasteiger charge is 2.18. The average molecular weight is 353 g/mol. The monoisotopic (exact) mass is 353 g/mol. The van der Waals surface area contributed by atoms with Gasteiger partial charge in [-0.1, -0.05) is 0 Å². The van der Waals surface area contributed by atoms with Gasteiger partial charge >= 0.3 is 0 Å². The van der Waals surface area contributed by atoms with E-state index in [0.717, 1.165) is 43.5 Å². The number of aryl methyl sites for hydroxylation is 1. The lowest BCUT2D eigenvalue weighted by Crippen LogP contribution is -2.22. The summed E-state index contributed by atoms with van der Waals surface area (Å²) in [7, 11) is 0. The van der Waals surface area contributed by atoms with Crippen molar-refractivity contribution in [3.8, 4) is 0 Å². The fourth-order valence-electron chi connectivity index (χ4n) is 3.29. The van der Waals surface area contributed by atoms with Crippen molar-refractivity contribution in [1.82, 2.24) is 9.97 Å². The van der Waals surface area contributed by atoms with Gasteiger partial charge in [-0.05, 0) is 57.9 Å². The Balaban J connectivity index is 1.69. The van der Waals surface area contributed by atoms with E-state index in [4.69, 9.17) is 0 Å². The lowest BCUT2D eigenvalue weighted by molar-refractivity contribution is 0.102. The van der Waals surface area contributed by atoms with Gasteiger partial charge < -0.3 is 15.1 Å². The molecule has 2 aromatic rings. The molecule has 0 atom stereocenters. The van der Waals surface area contributed by atoms with Crippen LogP contribution >= 0.6 is 0 Å². The number of nitrogens with zero attached hydrogens (tertiary/aromatic N) is 4. The Morgan fingerprint density at radius 1 is 1.15 bits per heavy atom. The number of carbonyl (C=O) groups excluding carboxylic acids is 1. The second-order valence-corrected chi connectivity index (χ2v) is 6.54. The molecule has 6 nitrogen and oxygen atoms in total. The molecule has 1 aliphatic heterocycles. The molecule has 0 saturated carbocycles. The highest BCUT2D eigenvalue weighted by molar-refractivity contribution is 6.04. The van der Waals surface area contributed by atoms with Crippen LogP contribution in [0.25, 0.3) is 0 Å². The lowest BCUT2D eigenvalue weighted by Gasteiger charge is -2.21. The van der Waals surface area contributed by atoms with Crippen molar-refractivity contribution in [3.05, 3.63) is 41.7 Å². The van der Waals surface area contributed by atoms with E-state index in [0.29, 0.717) is 11.3 Å². The van der Waals surface area contributed by atoms with Crippen LogP contribution in [-0.2, 0) is 0 Å². The molecule has 1 aromatic heterocycles. The molecule has 2 heterocycles. The summed E-state index contributed by atoms with van der Waals surface area (Å²) >= 11 is 0. The summed E-state index contributed by atoms with van der Waals surface area (Å²) in [6.45, 7) is 10.0. The third kappa shape index (κ3) is 3.95. The third-order valence-corrected chi connectivity index (χ3v) is 4.85. The highest BCUT2D eigenvalue weighted by Crippen LogP contribution is 2.20. The van der Waals surface area contributed by atoms with Crippen molar-refractivity contribution in [1.29, 1.82) is 0 Å². The molecule has 0 aliphatic carbocycles. The van der Waals surface area contributed by atoms with E-state index >= 15 is 0 Å². The van der Waals surface area contributed by atoms with Gasteiger partial charge in [0.25, 0.3) is 5.91 Å². The summed E-state index contributed by atoms with van der Waals surface area (Å²) < 4.78 is 0. The predicted octanol–water partition coefficient (Wildman–Crippen LogP) is 3.48. The average Bonchev–Trinajstić information content (AvgIpc) is 3.18. The number of carbonyl (C=O) groups is 1. The summed E-state index contributed by atoms with van der Waals surface area (Å²) in [6.07, 6.45) is 3.98. The molecule has 0 bridgehead atoms. The maximum Gasteiger partial charge on any atom is 0.259 e. The van der Waals surface area contributed by atoms with Gasteiger partial charge in [0.05, 0.1) is 11.3 Å². The van der Waals surface area contributed by atoms with Crippen LogP contribution < -0.4 is 15.1 Å². The molecule has 1 aliphatic rings. The van der Waals surface area contributed by atoms with Crippen molar-refractivity contribution in [2.75, 3.05) is 41.3 Å². The Bertz CT molecular complexity index is 749. The van der Waals surface area contributed by atoms with E-state index in [-0.39, 0.29) is 5.91 Å². The van der Waals surface area contributed by atoms with Crippen LogP contribution in [0.4, 0.5) is 17.3 Å². The molecule has 1 fully saturated rings. The summed E-state index contributed by atoms with van der Waals surface area (Å²) in [4.78, 5) is 25.9. The number of nitrogens with one attached hydrogen (secondary N) is 1. The molecular formula is C20H27N5O. The molecular weight excluding hydrogens is 326 g/mol. The molecule has 1 amide bonds. The van der Waals surface area contributed by atoms with E-state index in [2.05, 4.69) is 38.9 Å². The fourth-order valence-corrected chi connectivity index (χ4v) is 3.29. The molecule has 138 valence electrons. The minimum Gasteiger partial charge on any atom is -0.372 e. The first-order valence-corrected chi connectivity index (χ1v) is 9.37. The first kappa shape index (κ1) is 18.2. The number of hydrogen-bond donors (Lipinski definition) is 1. The van der Waals surface area contributed by atoms with Crippen LogP contribution in [0.3, 0.4) is 0 Å². The van der Waals surface area contributed by atoms with Crippen LogP contribution in [-0.4, -0.2) is 42.1 Å². The van der Waals surface area contributed by atoms with Gasteiger partial charge in [0.2, 0.25) is 5.95 Å². The molecule has 0 unspecified atom stereocenters. The molecule has 1 N–H and O–H groups in total. The number of anilines is 3. The number of rotatable bonds is 6. The van der Waals surface area contributed by atoms with Crippen LogP contribution in [0.1, 0.15) is 42.7 Å².